The molecule has 1 aromatic heterocycles. The largest absolute Gasteiger partial charge is 0.370 e. The number of aryl methyl sites for hydroxylation is 2. The van der Waals surface area contributed by atoms with Crippen LogP contribution in [0.4, 0.5) is 5.82 Å². The van der Waals surface area contributed by atoms with Gasteiger partial charge in [0, 0.05) is 25.7 Å². The third-order valence-corrected chi connectivity index (χ3v) is 3.69. The smallest absolute Gasteiger partial charge is 0.217 e. The lowest BCUT2D eigenvalue weighted by atomic mass is 9.97. The number of primary amides is 1. The molecule has 2 heterocycles. The van der Waals surface area contributed by atoms with Gasteiger partial charge in [0.05, 0.1) is 11.4 Å². The minimum atomic E-state index is -0.190. The Balaban J connectivity index is 2.06. The van der Waals surface area contributed by atoms with E-state index in [9.17, 15) is 4.79 Å². The molecule has 1 fully saturated rings. The van der Waals surface area contributed by atoms with E-state index >= 15 is 0 Å². The number of hydrogen-bond acceptors (Lipinski definition) is 4. The van der Waals surface area contributed by atoms with E-state index in [-0.39, 0.29) is 5.91 Å². The molecule has 0 aliphatic carbocycles. The summed E-state index contributed by atoms with van der Waals surface area (Å²) in [6.07, 6.45) is 5.45. The van der Waals surface area contributed by atoms with Crippen molar-refractivity contribution in [3.63, 3.8) is 0 Å². The van der Waals surface area contributed by atoms with Gasteiger partial charge in [0.25, 0.3) is 0 Å². The van der Waals surface area contributed by atoms with Gasteiger partial charge in [0.1, 0.15) is 5.82 Å². The lowest BCUT2D eigenvalue weighted by Gasteiger charge is -2.23. The monoisotopic (exact) mass is 262 g/mol. The number of carbonyl (C=O) groups excluding carboxylic acids is 1. The third kappa shape index (κ3) is 3.66. The van der Waals surface area contributed by atoms with Gasteiger partial charge in [-0.2, -0.15) is 0 Å². The third-order valence-electron chi connectivity index (χ3n) is 3.69. The average Bonchev–Trinajstić information content (AvgIpc) is 2.57. The molecule has 2 N–H and O–H groups in total. The van der Waals surface area contributed by atoms with Crippen LogP contribution < -0.4 is 10.6 Å². The van der Waals surface area contributed by atoms with Crippen molar-refractivity contribution in [2.45, 2.75) is 39.5 Å². The molecule has 19 heavy (non-hydrogen) atoms. The lowest BCUT2D eigenvalue weighted by molar-refractivity contribution is -0.118. The number of nitrogens with zero attached hydrogens (tertiary/aromatic N) is 3. The molecule has 1 aliphatic rings. The fraction of sp³-hybridized carbons (Fsp3) is 0.643. The minimum Gasteiger partial charge on any atom is -0.370 e. The van der Waals surface area contributed by atoms with E-state index in [1.807, 2.05) is 13.8 Å². The van der Waals surface area contributed by atoms with Crippen LogP contribution >= 0.6 is 0 Å². The molecule has 104 valence electrons. The molecule has 2 rings (SSSR count). The number of nitrogens with two attached hydrogens (primary N) is 1. The number of aromatic nitrogens is 2. The SMILES string of the molecule is Cc1cnc(C)c(N2CCCC(CC(N)=O)CC2)n1. The predicted octanol–water partition coefficient (Wildman–Crippen LogP) is 1.58. The van der Waals surface area contributed by atoms with Crippen molar-refractivity contribution < 1.29 is 4.79 Å². The van der Waals surface area contributed by atoms with Crippen LogP contribution in [0.3, 0.4) is 0 Å². The van der Waals surface area contributed by atoms with E-state index in [1.54, 1.807) is 6.20 Å². The summed E-state index contributed by atoms with van der Waals surface area (Å²) in [5, 5.41) is 0. The van der Waals surface area contributed by atoms with Crippen LogP contribution in [0.2, 0.25) is 0 Å². The second kappa shape index (κ2) is 5.99. The van der Waals surface area contributed by atoms with Gasteiger partial charge < -0.3 is 10.6 Å². The average molecular weight is 262 g/mol. The summed E-state index contributed by atoms with van der Waals surface area (Å²) in [6.45, 7) is 5.86. The quantitative estimate of drug-likeness (QED) is 0.897. The zero-order valence-electron chi connectivity index (χ0n) is 11.7. The highest BCUT2D eigenvalue weighted by molar-refractivity contribution is 5.74. The van der Waals surface area contributed by atoms with Gasteiger partial charge in [-0.15, -0.1) is 0 Å². The van der Waals surface area contributed by atoms with E-state index < -0.39 is 0 Å². The van der Waals surface area contributed by atoms with Crippen molar-refractivity contribution in [3.05, 3.63) is 17.6 Å². The summed E-state index contributed by atoms with van der Waals surface area (Å²) in [4.78, 5) is 22.3. The molecule has 1 aliphatic heterocycles. The van der Waals surface area contributed by atoms with Crippen LogP contribution in [0.15, 0.2) is 6.20 Å². The topological polar surface area (TPSA) is 72.1 Å². The molecule has 1 atom stereocenters. The van der Waals surface area contributed by atoms with Gasteiger partial charge >= 0.3 is 0 Å². The van der Waals surface area contributed by atoms with Crippen LogP contribution in [0, 0.1) is 19.8 Å². The molecule has 1 aromatic rings. The highest BCUT2D eigenvalue weighted by Gasteiger charge is 2.20. The molecule has 1 saturated heterocycles. The number of rotatable bonds is 3. The molecular formula is C14H22N4O. The first-order chi connectivity index (χ1) is 9.06. The van der Waals surface area contributed by atoms with Crippen molar-refractivity contribution in [1.29, 1.82) is 0 Å². The highest BCUT2D eigenvalue weighted by atomic mass is 16.1. The zero-order valence-corrected chi connectivity index (χ0v) is 11.7. The molecular weight excluding hydrogens is 240 g/mol. The maximum atomic E-state index is 11.0. The Morgan fingerprint density at radius 1 is 1.42 bits per heavy atom. The van der Waals surface area contributed by atoms with Crippen LogP contribution in [0.25, 0.3) is 0 Å². The Labute approximate surface area is 114 Å². The molecule has 0 spiro atoms. The van der Waals surface area contributed by atoms with Gasteiger partial charge in [0.15, 0.2) is 0 Å². The summed E-state index contributed by atoms with van der Waals surface area (Å²) in [5.41, 5.74) is 7.20. The van der Waals surface area contributed by atoms with Crippen molar-refractivity contribution in [3.8, 4) is 0 Å². The van der Waals surface area contributed by atoms with Gasteiger partial charge in [-0.25, -0.2) is 4.98 Å². The second-order valence-corrected chi connectivity index (χ2v) is 5.37. The fourth-order valence-electron chi connectivity index (χ4n) is 2.69. The maximum Gasteiger partial charge on any atom is 0.217 e. The van der Waals surface area contributed by atoms with E-state index in [4.69, 9.17) is 5.73 Å². The Hall–Kier alpha value is -1.65. The van der Waals surface area contributed by atoms with Gasteiger partial charge in [0.2, 0.25) is 5.91 Å². The first-order valence-corrected chi connectivity index (χ1v) is 6.89. The molecule has 0 saturated carbocycles. The molecule has 0 bridgehead atoms. The number of carbonyl (C=O) groups is 1. The van der Waals surface area contributed by atoms with Crippen molar-refractivity contribution in [2.24, 2.45) is 11.7 Å². The molecule has 5 nitrogen and oxygen atoms in total. The Morgan fingerprint density at radius 2 is 2.21 bits per heavy atom. The highest BCUT2D eigenvalue weighted by Crippen LogP contribution is 2.24. The van der Waals surface area contributed by atoms with Crippen molar-refractivity contribution in [2.75, 3.05) is 18.0 Å². The summed E-state index contributed by atoms with van der Waals surface area (Å²) < 4.78 is 0. The summed E-state index contributed by atoms with van der Waals surface area (Å²) in [7, 11) is 0. The standard InChI is InChI=1S/C14H22N4O/c1-10-9-16-11(2)14(17-10)18-6-3-4-12(5-7-18)8-13(15)19/h9,12H,3-8H2,1-2H3,(H2,15,19). The number of anilines is 1. The minimum absolute atomic E-state index is 0.190. The summed E-state index contributed by atoms with van der Waals surface area (Å²) >= 11 is 0. The van der Waals surface area contributed by atoms with Gasteiger partial charge in [-0.1, -0.05) is 0 Å². The zero-order chi connectivity index (χ0) is 13.8. The van der Waals surface area contributed by atoms with Crippen LogP contribution in [0.1, 0.15) is 37.1 Å². The summed E-state index contributed by atoms with van der Waals surface area (Å²) in [6, 6.07) is 0. The molecule has 1 unspecified atom stereocenters. The van der Waals surface area contributed by atoms with E-state index in [2.05, 4.69) is 14.9 Å². The molecule has 5 heteroatoms. The van der Waals surface area contributed by atoms with Crippen LogP contribution in [0.5, 0.6) is 0 Å². The van der Waals surface area contributed by atoms with E-state index in [0.717, 1.165) is 49.6 Å². The van der Waals surface area contributed by atoms with Crippen molar-refractivity contribution >= 4 is 11.7 Å². The van der Waals surface area contributed by atoms with E-state index in [0.29, 0.717) is 12.3 Å². The normalized spacial score (nSPS) is 20.1. The van der Waals surface area contributed by atoms with Crippen molar-refractivity contribution in [1.82, 2.24) is 9.97 Å². The first-order valence-electron chi connectivity index (χ1n) is 6.89. The van der Waals surface area contributed by atoms with Crippen LogP contribution in [-0.2, 0) is 4.79 Å². The van der Waals surface area contributed by atoms with Crippen LogP contribution in [-0.4, -0.2) is 29.0 Å². The predicted molar refractivity (Wildman–Crippen MR) is 74.9 cm³/mol. The van der Waals surface area contributed by atoms with E-state index in [1.165, 1.54) is 0 Å². The Morgan fingerprint density at radius 3 is 2.95 bits per heavy atom. The Kier molecular flexibility index (Phi) is 4.35. The molecule has 0 aromatic carbocycles. The first kappa shape index (κ1) is 13.8. The lowest BCUT2D eigenvalue weighted by Crippen LogP contribution is -2.27. The second-order valence-electron chi connectivity index (χ2n) is 5.37. The molecule has 0 radical (unpaired) electrons. The maximum absolute atomic E-state index is 11.0. The van der Waals surface area contributed by atoms with Gasteiger partial charge in [-0.05, 0) is 39.0 Å². The Bertz CT molecular complexity index is 461. The molecule has 1 amide bonds. The number of hydrogen-bond donors (Lipinski definition) is 1. The van der Waals surface area contributed by atoms with Gasteiger partial charge in [-0.3, -0.25) is 9.78 Å². The fourth-order valence-corrected chi connectivity index (χ4v) is 2.69. The number of amides is 1. The summed E-state index contributed by atoms with van der Waals surface area (Å²) in [5.74, 6) is 1.21.